The quantitative estimate of drug-likeness (QED) is 0.283. The van der Waals surface area contributed by atoms with E-state index in [0.29, 0.717) is 17.5 Å². The van der Waals surface area contributed by atoms with Gasteiger partial charge in [-0.1, -0.05) is 62.6 Å². The Balaban J connectivity index is 1.66. The molecule has 4 heteroatoms. The van der Waals surface area contributed by atoms with E-state index in [4.69, 9.17) is 9.47 Å². The molecule has 0 aliphatic rings. The molecule has 3 aromatic rings. The molecule has 32 heavy (non-hydrogen) atoms. The fourth-order valence-electron chi connectivity index (χ4n) is 3.78. The van der Waals surface area contributed by atoms with Crippen LogP contribution in [0, 0.1) is 11.6 Å². The van der Waals surface area contributed by atoms with Crippen molar-refractivity contribution in [2.45, 2.75) is 58.5 Å². The van der Waals surface area contributed by atoms with Gasteiger partial charge in [-0.25, -0.2) is 8.78 Å². The maximum absolute atomic E-state index is 14.9. The Hall–Kier alpha value is -2.88. The molecule has 0 heterocycles. The first-order valence-corrected chi connectivity index (χ1v) is 11.4. The monoisotopic (exact) mass is 438 g/mol. The van der Waals surface area contributed by atoms with Crippen LogP contribution < -0.4 is 9.47 Å². The fourth-order valence-corrected chi connectivity index (χ4v) is 3.78. The van der Waals surface area contributed by atoms with E-state index in [-0.39, 0.29) is 11.7 Å². The summed E-state index contributed by atoms with van der Waals surface area (Å²) < 4.78 is 40.7. The molecule has 0 spiro atoms. The summed E-state index contributed by atoms with van der Waals surface area (Å²) in [6, 6.07) is 17.8. The third kappa shape index (κ3) is 6.32. The van der Waals surface area contributed by atoms with Crippen molar-refractivity contribution in [3.63, 3.8) is 0 Å². The van der Waals surface area contributed by atoms with Gasteiger partial charge in [0, 0.05) is 12.0 Å². The van der Waals surface area contributed by atoms with Gasteiger partial charge in [0.2, 0.25) is 0 Å². The van der Waals surface area contributed by atoms with Crippen molar-refractivity contribution in [2.75, 3.05) is 7.11 Å². The van der Waals surface area contributed by atoms with Gasteiger partial charge in [0.05, 0.1) is 13.2 Å². The number of halogens is 2. The number of methoxy groups -OCH3 is 1. The third-order valence-corrected chi connectivity index (χ3v) is 5.68. The van der Waals surface area contributed by atoms with Crippen LogP contribution >= 0.6 is 0 Å². The van der Waals surface area contributed by atoms with E-state index < -0.39 is 11.6 Å². The fraction of sp³-hybridized carbons (Fsp3) is 0.357. The summed E-state index contributed by atoms with van der Waals surface area (Å²) in [6.07, 6.45) is 6.30. The summed E-state index contributed by atoms with van der Waals surface area (Å²) in [6.45, 7) is 4.26. The summed E-state index contributed by atoms with van der Waals surface area (Å²) in [4.78, 5) is 0. The average molecular weight is 439 g/mol. The first kappa shape index (κ1) is 23.8. The summed E-state index contributed by atoms with van der Waals surface area (Å²) in [7, 11) is 1.59. The largest absolute Gasteiger partial charge is 0.497 e. The lowest BCUT2D eigenvalue weighted by Gasteiger charge is -2.15. The van der Waals surface area contributed by atoms with E-state index in [1.54, 1.807) is 31.4 Å². The summed E-state index contributed by atoms with van der Waals surface area (Å²) >= 11 is 0. The highest BCUT2D eigenvalue weighted by Crippen LogP contribution is 2.29. The second-order valence-electron chi connectivity index (χ2n) is 8.23. The molecule has 3 aromatic carbocycles. The average Bonchev–Trinajstić information content (AvgIpc) is 2.81. The Morgan fingerprint density at radius 1 is 0.781 bits per heavy atom. The van der Waals surface area contributed by atoms with E-state index >= 15 is 0 Å². The van der Waals surface area contributed by atoms with E-state index in [1.165, 1.54) is 19.3 Å². The molecule has 0 aliphatic carbocycles. The van der Waals surface area contributed by atoms with E-state index in [0.717, 1.165) is 29.9 Å². The van der Waals surface area contributed by atoms with Gasteiger partial charge < -0.3 is 9.47 Å². The zero-order chi connectivity index (χ0) is 22.9. The van der Waals surface area contributed by atoms with Crippen LogP contribution in [0.15, 0.2) is 60.7 Å². The summed E-state index contributed by atoms with van der Waals surface area (Å²) in [5.41, 5.74) is 2.09. The molecule has 0 fully saturated rings. The zero-order valence-corrected chi connectivity index (χ0v) is 19.2. The first-order chi connectivity index (χ1) is 15.5. The van der Waals surface area contributed by atoms with Crippen LogP contribution in [0.3, 0.4) is 0 Å². The number of hydrogen-bond donors (Lipinski definition) is 0. The lowest BCUT2D eigenvalue weighted by Crippen LogP contribution is -2.11. The number of ether oxygens (including phenoxy) is 2. The molecule has 0 N–H and O–H groups in total. The van der Waals surface area contributed by atoms with Gasteiger partial charge in [-0.3, -0.25) is 0 Å². The van der Waals surface area contributed by atoms with Crippen molar-refractivity contribution in [1.82, 2.24) is 0 Å². The van der Waals surface area contributed by atoms with Crippen LogP contribution in [-0.4, -0.2) is 13.2 Å². The zero-order valence-electron chi connectivity index (χ0n) is 19.2. The van der Waals surface area contributed by atoms with E-state index in [2.05, 4.69) is 13.8 Å². The van der Waals surface area contributed by atoms with Gasteiger partial charge in [0.15, 0.2) is 11.6 Å². The SMILES string of the molecule is CCCCCC[C@@H](C)Oc1ccc(-c2ccc(Cc3ccc(OC)cc3)c(F)c2F)cc1. The van der Waals surface area contributed by atoms with Gasteiger partial charge in [0.1, 0.15) is 11.5 Å². The second-order valence-corrected chi connectivity index (χ2v) is 8.23. The number of benzene rings is 3. The molecular formula is C28H32F2O2. The van der Waals surface area contributed by atoms with Crippen LogP contribution in [0.2, 0.25) is 0 Å². The molecule has 0 unspecified atom stereocenters. The lowest BCUT2D eigenvalue weighted by atomic mass is 9.99. The van der Waals surface area contributed by atoms with Crippen molar-refractivity contribution >= 4 is 0 Å². The molecule has 0 saturated carbocycles. The lowest BCUT2D eigenvalue weighted by molar-refractivity contribution is 0.206. The van der Waals surface area contributed by atoms with Crippen LogP contribution in [0.4, 0.5) is 8.78 Å². The molecule has 0 amide bonds. The Morgan fingerprint density at radius 3 is 2.12 bits per heavy atom. The first-order valence-electron chi connectivity index (χ1n) is 11.4. The Labute approximate surface area is 190 Å². The molecule has 3 rings (SSSR count). The summed E-state index contributed by atoms with van der Waals surface area (Å²) in [5.74, 6) is -0.156. The molecule has 1 atom stereocenters. The Kier molecular flexibility index (Phi) is 8.66. The molecule has 2 nitrogen and oxygen atoms in total. The van der Waals surface area contributed by atoms with Crippen LogP contribution in [0.25, 0.3) is 11.1 Å². The molecule has 0 aromatic heterocycles. The van der Waals surface area contributed by atoms with Crippen molar-refractivity contribution in [3.8, 4) is 22.6 Å². The van der Waals surface area contributed by atoms with Gasteiger partial charge in [-0.2, -0.15) is 0 Å². The smallest absolute Gasteiger partial charge is 0.166 e. The highest BCUT2D eigenvalue weighted by atomic mass is 19.2. The van der Waals surface area contributed by atoms with Crippen molar-refractivity contribution in [1.29, 1.82) is 0 Å². The third-order valence-electron chi connectivity index (χ3n) is 5.68. The van der Waals surface area contributed by atoms with Crippen molar-refractivity contribution in [3.05, 3.63) is 83.4 Å². The highest BCUT2D eigenvalue weighted by molar-refractivity contribution is 5.65. The molecule has 0 radical (unpaired) electrons. The minimum atomic E-state index is -0.825. The normalized spacial score (nSPS) is 11.9. The Morgan fingerprint density at radius 2 is 1.47 bits per heavy atom. The van der Waals surface area contributed by atoms with Gasteiger partial charge in [-0.15, -0.1) is 0 Å². The maximum Gasteiger partial charge on any atom is 0.166 e. The van der Waals surface area contributed by atoms with E-state index in [9.17, 15) is 8.78 Å². The molecule has 0 saturated heterocycles. The van der Waals surface area contributed by atoms with Crippen LogP contribution in [-0.2, 0) is 6.42 Å². The summed E-state index contributed by atoms with van der Waals surface area (Å²) in [5, 5.41) is 0. The van der Waals surface area contributed by atoms with Crippen molar-refractivity contribution in [2.24, 2.45) is 0 Å². The molecule has 0 bridgehead atoms. The predicted molar refractivity (Wildman–Crippen MR) is 126 cm³/mol. The van der Waals surface area contributed by atoms with Crippen molar-refractivity contribution < 1.29 is 18.3 Å². The van der Waals surface area contributed by atoms with E-state index in [1.807, 2.05) is 36.4 Å². The number of hydrogen-bond acceptors (Lipinski definition) is 2. The van der Waals surface area contributed by atoms with Crippen LogP contribution in [0.1, 0.15) is 57.1 Å². The second kappa shape index (κ2) is 11.7. The maximum atomic E-state index is 14.9. The molecule has 170 valence electrons. The highest BCUT2D eigenvalue weighted by Gasteiger charge is 2.15. The molecular weight excluding hydrogens is 406 g/mol. The molecule has 0 aliphatic heterocycles. The van der Waals surface area contributed by atoms with Gasteiger partial charge >= 0.3 is 0 Å². The standard InChI is InChI=1S/C28H32F2O2/c1-4-5-6-7-8-20(2)32-25-16-11-22(12-17-25)26-18-13-23(27(29)28(26)30)19-21-9-14-24(31-3)15-10-21/h9-18,20H,4-8,19H2,1-3H3/t20-/m1/s1. The minimum absolute atomic E-state index is 0.129. The topological polar surface area (TPSA) is 18.5 Å². The Bertz CT molecular complexity index is 982. The van der Waals surface area contributed by atoms with Gasteiger partial charge in [0.25, 0.3) is 0 Å². The van der Waals surface area contributed by atoms with Gasteiger partial charge in [-0.05, 0) is 60.7 Å². The predicted octanol–water partition coefficient (Wildman–Crippen LogP) is 7.97. The number of rotatable bonds is 11. The minimum Gasteiger partial charge on any atom is -0.497 e. The van der Waals surface area contributed by atoms with Crippen LogP contribution in [0.5, 0.6) is 11.5 Å². The number of unbranched alkanes of at least 4 members (excludes halogenated alkanes) is 3.